The maximum atomic E-state index is 12.3. The van der Waals surface area contributed by atoms with Crippen LogP contribution >= 0.6 is 11.6 Å². The summed E-state index contributed by atoms with van der Waals surface area (Å²) >= 11 is 6.00. The molecule has 2 N–H and O–H groups in total. The summed E-state index contributed by atoms with van der Waals surface area (Å²) in [7, 11) is 1.40. The van der Waals surface area contributed by atoms with E-state index in [4.69, 9.17) is 26.8 Å². The largest absolute Gasteiger partial charge is 0.446 e. The second kappa shape index (κ2) is 6.75. The Balaban J connectivity index is 2.46. The number of nitrogens with two attached hydrogens (primary N) is 1. The molecule has 1 fully saturated rings. The molecule has 114 valence electrons. The summed E-state index contributed by atoms with van der Waals surface area (Å²) in [6.45, 7) is 0.505. The molecule has 1 aliphatic heterocycles. The molecule has 1 aromatic carbocycles. The number of hydrogen-bond acceptors (Lipinski definition) is 5. The van der Waals surface area contributed by atoms with Gasteiger partial charge in [0.25, 0.3) is 5.91 Å². The smallest absolute Gasteiger partial charge is 0.429 e. The van der Waals surface area contributed by atoms with Crippen molar-refractivity contribution in [3.63, 3.8) is 0 Å². The Morgan fingerprint density at radius 2 is 2.33 bits per heavy atom. The number of nitrogens with zero attached hydrogens (tertiary/aromatic N) is 2. The van der Waals surface area contributed by atoms with E-state index in [1.54, 1.807) is 18.2 Å². The van der Waals surface area contributed by atoms with E-state index >= 15 is 0 Å². The fourth-order valence-electron chi connectivity index (χ4n) is 2.06. The number of methoxy groups -OCH3 is 1. The molecule has 8 heteroatoms. The standard InChI is InChI=1S/C13H16ClN3O4/c1-20-8-12(18)17(16-4-5-21-13(16)19)11-6-10(14)3-2-9(11)7-15/h2-3,6H,4-5,7-8,15H2,1H3. The lowest BCUT2D eigenvalue weighted by molar-refractivity contribution is -0.124. The van der Waals surface area contributed by atoms with Gasteiger partial charge < -0.3 is 15.2 Å². The van der Waals surface area contributed by atoms with Crippen LogP contribution in [0.1, 0.15) is 5.56 Å². The van der Waals surface area contributed by atoms with Crippen molar-refractivity contribution in [3.05, 3.63) is 28.8 Å². The van der Waals surface area contributed by atoms with Gasteiger partial charge in [0.2, 0.25) is 0 Å². The number of benzene rings is 1. The van der Waals surface area contributed by atoms with Crippen molar-refractivity contribution < 1.29 is 19.1 Å². The Kier molecular flexibility index (Phi) is 5.00. The highest BCUT2D eigenvalue weighted by molar-refractivity contribution is 6.31. The van der Waals surface area contributed by atoms with Gasteiger partial charge in [-0.05, 0) is 17.7 Å². The Hall–Kier alpha value is -1.83. The molecule has 2 amide bonds. The van der Waals surface area contributed by atoms with Gasteiger partial charge in [-0.15, -0.1) is 0 Å². The molecule has 0 aromatic heterocycles. The van der Waals surface area contributed by atoms with Crippen molar-refractivity contribution >= 4 is 29.3 Å². The predicted molar refractivity (Wildman–Crippen MR) is 76.8 cm³/mol. The zero-order chi connectivity index (χ0) is 15.4. The molecule has 21 heavy (non-hydrogen) atoms. The molecular weight excluding hydrogens is 298 g/mol. The van der Waals surface area contributed by atoms with E-state index in [9.17, 15) is 9.59 Å². The number of hydrogen-bond donors (Lipinski definition) is 1. The van der Waals surface area contributed by atoms with Gasteiger partial charge in [0.15, 0.2) is 0 Å². The molecule has 0 unspecified atom stereocenters. The van der Waals surface area contributed by atoms with Crippen molar-refractivity contribution in [3.8, 4) is 0 Å². The molecule has 2 rings (SSSR count). The molecular formula is C13H16ClN3O4. The Morgan fingerprint density at radius 1 is 1.57 bits per heavy atom. The van der Waals surface area contributed by atoms with Crippen LogP contribution in [0.5, 0.6) is 0 Å². The monoisotopic (exact) mass is 313 g/mol. The zero-order valence-electron chi connectivity index (χ0n) is 11.5. The quantitative estimate of drug-likeness (QED) is 0.881. The van der Waals surface area contributed by atoms with Crippen LogP contribution in [0.2, 0.25) is 5.02 Å². The van der Waals surface area contributed by atoms with E-state index in [0.717, 1.165) is 0 Å². The van der Waals surface area contributed by atoms with Crippen LogP contribution in [0.4, 0.5) is 10.5 Å². The molecule has 0 radical (unpaired) electrons. The van der Waals surface area contributed by atoms with E-state index in [1.807, 2.05) is 0 Å². The number of carbonyl (C=O) groups is 2. The lowest BCUT2D eigenvalue weighted by Gasteiger charge is -2.31. The average molecular weight is 314 g/mol. The lowest BCUT2D eigenvalue weighted by Crippen LogP contribution is -2.49. The van der Waals surface area contributed by atoms with Gasteiger partial charge in [-0.1, -0.05) is 17.7 Å². The van der Waals surface area contributed by atoms with Gasteiger partial charge in [0.1, 0.15) is 13.2 Å². The molecule has 1 aliphatic rings. The first kappa shape index (κ1) is 15.6. The SMILES string of the molecule is COCC(=O)N(c1cc(Cl)ccc1CN)N1CCOC1=O. The Bertz CT molecular complexity index is 552. The number of halogens is 1. The molecule has 1 heterocycles. The average Bonchev–Trinajstić information content (AvgIpc) is 2.86. The lowest BCUT2D eigenvalue weighted by atomic mass is 10.1. The van der Waals surface area contributed by atoms with Crippen molar-refractivity contribution in [2.45, 2.75) is 6.54 Å². The van der Waals surface area contributed by atoms with Crippen LogP contribution in [0.3, 0.4) is 0 Å². The summed E-state index contributed by atoms with van der Waals surface area (Å²) < 4.78 is 9.76. The third kappa shape index (κ3) is 3.26. The first-order chi connectivity index (χ1) is 10.1. The maximum absolute atomic E-state index is 12.3. The fourth-order valence-corrected chi connectivity index (χ4v) is 2.22. The number of hydrazine groups is 1. The third-order valence-corrected chi connectivity index (χ3v) is 3.22. The number of anilines is 1. The van der Waals surface area contributed by atoms with Gasteiger partial charge >= 0.3 is 6.09 Å². The maximum Gasteiger partial charge on any atom is 0.429 e. The van der Waals surface area contributed by atoms with E-state index in [0.29, 0.717) is 16.3 Å². The zero-order valence-corrected chi connectivity index (χ0v) is 12.3. The molecule has 0 atom stereocenters. The third-order valence-electron chi connectivity index (χ3n) is 2.98. The first-order valence-corrected chi connectivity index (χ1v) is 6.71. The van der Waals surface area contributed by atoms with Crippen LogP contribution in [0, 0.1) is 0 Å². The van der Waals surface area contributed by atoms with Crippen LogP contribution in [0.25, 0.3) is 0 Å². The molecule has 7 nitrogen and oxygen atoms in total. The number of ether oxygens (including phenoxy) is 2. The highest BCUT2D eigenvalue weighted by atomic mass is 35.5. The van der Waals surface area contributed by atoms with Gasteiger partial charge in [0, 0.05) is 18.7 Å². The summed E-state index contributed by atoms with van der Waals surface area (Å²) in [5.74, 6) is -0.409. The number of carbonyl (C=O) groups excluding carboxylic acids is 2. The van der Waals surface area contributed by atoms with Gasteiger partial charge in [-0.2, -0.15) is 0 Å². The Labute approximate surface area is 127 Å². The minimum absolute atomic E-state index is 0.180. The number of rotatable bonds is 5. The topological polar surface area (TPSA) is 85.1 Å². The van der Waals surface area contributed by atoms with E-state index in [2.05, 4.69) is 0 Å². The Morgan fingerprint density at radius 3 is 2.90 bits per heavy atom. The van der Waals surface area contributed by atoms with Crippen LogP contribution in [-0.4, -0.2) is 43.9 Å². The van der Waals surface area contributed by atoms with E-state index in [1.165, 1.54) is 17.1 Å². The minimum Gasteiger partial charge on any atom is -0.446 e. The number of amides is 2. The van der Waals surface area contributed by atoms with Crippen LogP contribution in [0.15, 0.2) is 18.2 Å². The normalized spacial score (nSPS) is 14.2. The second-order valence-corrected chi connectivity index (χ2v) is 4.79. The van der Waals surface area contributed by atoms with Gasteiger partial charge in [-0.25, -0.2) is 14.8 Å². The van der Waals surface area contributed by atoms with Crippen molar-refractivity contribution in [2.75, 3.05) is 31.9 Å². The van der Waals surface area contributed by atoms with E-state index < -0.39 is 12.0 Å². The summed E-state index contributed by atoms with van der Waals surface area (Å²) in [4.78, 5) is 24.1. The highest BCUT2D eigenvalue weighted by Crippen LogP contribution is 2.27. The van der Waals surface area contributed by atoms with Crippen LogP contribution < -0.4 is 10.7 Å². The summed E-state index contributed by atoms with van der Waals surface area (Å²) in [5, 5.41) is 2.86. The fraction of sp³-hybridized carbons (Fsp3) is 0.385. The van der Waals surface area contributed by atoms with Crippen molar-refractivity contribution in [1.29, 1.82) is 0 Å². The molecule has 1 saturated heterocycles. The molecule has 0 bridgehead atoms. The summed E-state index contributed by atoms with van der Waals surface area (Å²) in [6.07, 6.45) is -0.595. The summed E-state index contributed by atoms with van der Waals surface area (Å²) in [6, 6.07) is 4.98. The molecule has 0 spiro atoms. The number of cyclic esters (lactones) is 1. The van der Waals surface area contributed by atoms with Crippen molar-refractivity contribution in [2.24, 2.45) is 5.73 Å². The summed E-state index contributed by atoms with van der Waals surface area (Å²) in [5.41, 5.74) is 6.83. The predicted octanol–water partition coefficient (Wildman–Crippen LogP) is 1.15. The van der Waals surface area contributed by atoms with Crippen LogP contribution in [-0.2, 0) is 20.8 Å². The molecule has 1 aromatic rings. The second-order valence-electron chi connectivity index (χ2n) is 4.35. The highest BCUT2D eigenvalue weighted by Gasteiger charge is 2.33. The minimum atomic E-state index is -0.595. The molecule has 0 saturated carbocycles. The van der Waals surface area contributed by atoms with E-state index in [-0.39, 0.29) is 26.3 Å². The van der Waals surface area contributed by atoms with Crippen molar-refractivity contribution in [1.82, 2.24) is 5.01 Å². The molecule has 0 aliphatic carbocycles. The van der Waals surface area contributed by atoms with Gasteiger partial charge in [-0.3, -0.25) is 4.79 Å². The first-order valence-electron chi connectivity index (χ1n) is 6.33. The van der Waals surface area contributed by atoms with Gasteiger partial charge in [0.05, 0.1) is 12.2 Å².